The fourth-order valence-electron chi connectivity index (χ4n) is 5.40. The van der Waals surface area contributed by atoms with E-state index in [0.29, 0.717) is 12.8 Å². The van der Waals surface area contributed by atoms with Gasteiger partial charge in [0.2, 0.25) is 5.91 Å². The first-order valence-corrected chi connectivity index (χ1v) is 16.8. The SMILES string of the molecule is CCCCCCCCC(=O)N[C@@H](COC1OC(CO)C(O)C(O)C1O)[C@H](OC(CCCCC)CCCCC)[C@H](O)CC. The van der Waals surface area contributed by atoms with Gasteiger partial charge >= 0.3 is 0 Å². The molecule has 1 heterocycles. The van der Waals surface area contributed by atoms with Crippen molar-refractivity contribution in [1.29, 1.82) is 0 Å². The molecule has 0 aliphatic carbocycles. The minimum absolute atomic E-state index is 0.0838. The van der Waals surface area contributed by atoms with Gasteiger partial charge in [0.25, 0.3) is 0 Å². The highest BCUT2D eigenvalue weighted by atomic mass is 16.7. The Bertz CT molecular complexity index is 658. The predicted octanol–water partition coefficient (Wildman–Crippen LogP) is 3.72. The summed E-state index contributed by atoms with van der Waals surface area (Å²) >= 11 is 0. The van der Waals surface area contributed by atoms with Crippen LogP contribution in [0.25, 0.3) is 0 Å². The van der Waals surface area contributed by atoms with Gasteiger partial charge in [-0.15, -0.1) is 0 Å². The second-order valence-electron chi connectivity index (χ2n) is 11.9. The van der Waals surface area contributed by atoms with Crippen molar-refractivity contribution in [2.75, 3.05) is 13.2 Å². The summed E-state index contributed by atoms with van der Waals surface area (Å²) < 4.78 is 18.0. The maximum atomic E-state index is 13.1. The third-order valence-corrected chi connectivity index (χ3v) is 8.20. The first kappa shape index (κ1) is 39.2. The van der Waals surface area contributed by atoms with Crippen molar-refractivity contribution in [2.24, 2.45) is 0 Å². The lowest BCUT2D eigenvalue weighted by Crippen LogP contribution is -2.60. The van der Waals surface area contributed by atoms with Gasteiger partial charge in [-0.05, 0) is 25.7 Å². The summed E-state index contributed by atoms with van der Waals surface area (Å²) in [6, 6.07) is -0.750. The monoisotopic (exact) mass is 605 g/mol. The Morgan fingerprint density at radius 1 is 0.810 bits per heavy atom. The summed E-state index contributed by atoms with van der Waals surface area (Å²) in [6.45, 7) is 7.60. The molecule has 0 radical (unpaired) electrons. The van der Waals surface area contributed by atoms with E-state index < -0.39 is 55.6 Å². The fourth-order valence-corrected chi connectivity index (χ4v) is 5.40. The first-order valence-electron chi connectivity index (χ1n) is 16.8. The number of unbranched alkanes of at least 4 members (excludes halogenated alkanes) is 9. The molecule has 1 saturated heterocycles. The average molecular weight is 606 g/mol. The van der Waals surface area contributed by atoms with Gasteiger partial charge in [0.15, 0.2) is 6.29 Å². The van der Waals surface area contributed by atoms with Crippen LogP contribution in [0.4, 0.5) is 0 Å². The average Bonchev–Trinajstić information content (AvgIpc) is 2.99. The number of carbonyl (C=O) groups is 1. The highest BCUT2D eigenvalue weighted by molar-refractivity contribution is 5.76. The van der Waals surface area contributed by atoms with E-state index in [1.54, 1.807) is 0 Å². The van der Waals surface area contributed by atoms with Crippen LogP contribution in [-0.2, 0) is 19.0 Å². The molecular formula is C32H63NO9. The number of nitrogens with one attached hydrogen (secondary N) is 1. The number of hydrogen-bond donors (Lipinski definition) is 6. The smallest absolute Gasteiger partial charge is 0.220 e. The quantitative estimate of drug-likeness (QED) is 0.0853. The van der Waals surface area contributed by atoms with Gasteiger partial charge in [0, 0.05) is 6.42 Å². The van der Waals surface area contributed by atoms with Crippen LogP contribution in [0.15, 0.2) is 0 Å². The molecule has 0 aromatic rings. The number of amides is 1. The highest BCUT2D eigenvalue weighted by Crippen LogP contribution is 2.24. The van der Waals surface area contributed by atoms with Gasteiger partial charge in [-0.25, -0.2) is 0 Å². The summed E-state index contributed by atoms with van der Waals surface area (Å²) in [5, 5.41) is 54.5. The standard InChI is InChI=1S/C32H63NO9/c1-5-9-12-13-14-17-20-27(36)33-24(22-40-32-30(39)29(38)28(37)26(21-34)42-32)31(25(35)8-4)41-23(18-15-10-6-2)19-16-11-7-3/h23-26,28-32,34-35,37-39H,5-22H2,1-4H3,(H,33,36)/t24-,25+,26?,28?,29?,30?,31-,32?/m0/s1. The third kappa shape index (κ3) is 14.8. The molecule has 0 spiro atoms. The fraction of sp³-hybridized carbons (Fsp3) is 0.969. The van der Waals surface area contributed by atoms with Crippen molar-refractivity contribution in [3.05, 3.63) is 0 Å². The number of ether oxygens (including phenoxy) is 3. The maximum Gasteiger partial charge on any atom is 0.220 e. The van der Waals surface area contributed by atoms with Gasteiger partial charge in [-0.1, -0.05) is 98.3 Å². The summed E-state index contributed by atoms with van der Waals surface area (Å²) in [7, 11) is 0. The first-order chi connectivity index (χ1) is 20.2. The van der Waals surface area contributed by atoms with Gasteiger partial charge in [0.1, 0.15) is 30.5 Å². The highest BCUT2D eigenvalue weighted by Gasteiger charge is 2.44. The molecule has 0 saturated carbocycles. The van der Waals surface area contributed by atoms with E-state index in [9.17, 15) is 30.3 Å². The molecule has 6 N–H and O–H groups in total. The second-order valence-corrected chi connectivity index (χ2v) is 11.9. The van der Waals surface area contributed by atoms with Crippen LogP contribution in [0.1, 0.15) is 130 Å². The molecule has 1 rings (SSSR count). The zero-order chi connectivity index (χ0) is 31.3. The topological polar surface area (TPSA) is 158 Å². The van der Waals surface area contributed by atoms with Gasteiger partial charge in [-0.3, -0.25) is 4.79 Å². The zero-order valence-corrected chi connectivity index (χ0v) is 26.8. The van der Waals surface area contributed by atoms with Crippen molar-refractivity contribution >= 4 is 5.91 Å². The normalized spacial score (nSPS) is 25.0. The van der Waals surface area contributed by atoms with E-state index in [1.807, 2.05) is 6.92 Å². The van der Waals surface area contributed by atoms with Crippen LogP contribution in [0, 0.1) is 0 Å². The third-order valence-electron chi connectivity index (χ3n) is 8.20. The largest absolute Gasteiger partial charge is 0.394 e. The molecule has 1 amide bonds. The Kier molecular flexibility index (Phi) is 21.9. The molecule has 250 valence electrons. The van der Waals surface area contributed by atoms with E-state index in [1.165, 1.54) is 6.42 Å². The lowest BCUT2D eigenvalue weighted by Gasteiger charge is -2.41. The van der Waals surface area contributed by atoms with Crippen LogP contribution < -0.4 is 5.32 Å². The van der Waals surface area contributed by atoms with Crippen LogP contribution >= 0.6 is 0 Å². The Morgan fingerprint density at radius 2 is 1.38 bits per heavy atom. The molecule has 5 unspecified atom stereocenters. The van der Waals surface area contributed by atoms with E-state index in [2.05, 4.69) is 26.1 Å². The molecule has 1 aliphatic heterocycles. The molecule has 42 heavy (non-hydrogen) atoms. The molecule has 0 aromatic carbocycles. The lowest BCUT2D eigenvalue weighted by molar-refractivity contribution is -0.303. The lowest BCUT2D eigenvalue weighted by atomic mass is 9.99. The molecule has 1 fully saturated rings. The molecule has 10 nitrogen and oxygen atoms in total. The van der Waals surface area contributed by atoms with E-state index in [-0.39, 0.29) is 18.6 Å². The van der Waals surface area contributed by atoms with E-state index >= 15 is 0 Å². The predicted molar refractivity (Wildman–Crippen MR) is 163 cm³/mol. The van der Waals surface area contributed by atoms with Crippen molar-refractivity contribution in [3.63, 3.8) is 0 Å². The van der Waals surface area contributed by atoms with E-state index in [4.69, 9.17) is 14.2 Å². The van der Waals surface area contributed by atoms with Crippen molar-refractivity contribution in [2.45, 2.75) is 185 Å². The van der Waals surface area contributed by atoms with Gasteiger partial charge in [0.05, 0.1) is 31.5 Å². The van der Waals surface area contributed by atoms with Crippen molar-refractivity contribution in [3.8, 4) is 0 Å². The Balaban J connectivity index is 3.08. The molecular weight excluding hydrogens is 542 g/mol. The Morgan fingerprint density at radius 3 is 1.95 bits per heavy atom. The molecule has 1 aliphatic rings. The van der Waals surface area contributed by atoms with Crippen LogP contribution in [-0.4, -0.2) is 99.7 Å². The van der Waals surface area contributed by atoms with Crippen molar-refractivity contribution in [1.82, 2.24) is 5.32 Å². The van der Waals surface area contributed by atoms with Gasteiger partial charge < -0.3 is 45.1 Å². The van der Waals surface area contributed by atoms with Crippen LogP contribution in [0.3, 0.4) is 0 Å². The molecule has 0 bridgehead atoms. The summed E-state index contributed by atoms with van der Waals surface area (Å²) in [5.74, 6) is -0.168. The summed E-state index contributed by atoms with van der Waals surface area (Å²) in [5.41, 5.74) is 0. The number of hydrogen-bond acceptors (Lipinski definition) is 9. The number of aliphatic hydroxyl groups is 5. The molecule has 0 aromatic heterocycles. The van der Waals surface area contributed by atoms with Crippen molar-refractivity contribution < 1.29 is 44.5 Å². The summed E-state index contributed by atoms with van der Waals surface area (Å²) in [4.78, 5) is 13.1. The number of aliphatic hydroxyl groups excluding tert-OH is 5. The van der Waals surface area contributed by atoms with Crippen LogP contribution in [0.2, 0.25) is 0 Å². The zero-order valence-electron chi connectivity index (χ0n) is 26.8. The minimum Gasteiger partial charge on any atom is -0.394 e. The Labute approximate surface area is 254 Å². The molecule has 8 atom stereocenters. The second kappa shape index (κ2) is 23.5. The minimum atomic E-state index is -1.57. The maximum absolute atomic E-state index is 13.1. The molecule has 10 heteroatoms. The Hall–Kier alpha value is -0.850. The number of carbonyl (C=O) groups excluding carboxylic acids is 1. The number of rotatable bonds is 25. The van der Waals surface area contributed by atoms with Crippen LogP contribution in [0.5, 0.6) is 0 Å². The van der Waals surface area contributed by atoms with E-state index in [0.717, 1.165) is 83.5 Å². The van der Waals surface area contributed by atoms with Gasteiger partial charge in [-0.2, -0.15) is 0 Å². The summed E-state index contributed by atoms with van der Waals surface area (Å²) in [6.07, 6.45) is 6.37.